The van der Waals surface area contributed by atoms with Crippen molar-refractivity contribution in [1.82, 2.24) is 0 Å². The minimum Gasteiger partial charge on any atom is -0.0704 e. The molecular weight excluding hydrogens is 468 g/mol. The number of hydrogen-bond donors (Lipinski definition) is 0. The molecule has 0 saturated heterocycles. The molecule has 232 valence electrons. The number of rotatable bonds is 30. The normalized spacial score (nSPS) is 15.1. The van der Waals surface area contributed by atoms with Gasteiger partial charge in [0.1, 0.15) is 0 Å². The van der Waals surface area contributed by atoms with Gasteiger partial charge in [-0.05, 0) is 56.8 Å². The van der Waals surface area contributed by atoms with E-state index in [2.05, 4.69) is 27.7 Å². The summed E-state index contributed by atoms with van der Waals surface area (Å²) in [6.45, 7) is 9.37. The second kappa shape index (κ2) is 26.6. The van der Waals surface area contributed by atoms with Crippen LogP contribution in [0.3, 0.4) is 0 Å². The van der Waals surface area contributed by atoms with Gasteiger partial charge >= 0.3 is 0 Å². The molecule has 0 saturated carbocycles. The number of allylic oxidation sites excluding steroid dienone is 2. The van der Waals surface area contributed by atoms with Crippen LogP contribution in [0.4, 0.5) is 0 Å². The van der Waals surface area contributed by atoms with E-state index in [1.54, 1.807) is 0 Å². The molecule has 0 atom stereocenters. The fourth-order valence-corrected chi connectivity index (χ4v) is 7.50. The molecule has 0 aromatic rings. The van der Waals surface area contributed by atoms with Gasteiger partial charge in [0.05, 0.1) is 0 Å². The molecule has 0 heteroatoms. The van der Waals surface area contributed by atoms with Gasteiger partial charge in [0.2, 0.25) is 0 Å². The van der Waals surface area contributed by atoms with Crippen LogP contribution in [0.5, 0.6) is 0 Å². The Balaban J connectivity index is 2.78. The van der Waals surface area contributed by atoms with Crippen LogP contribution in [-0.2, 0) is 0 Å². The van der Waals surface area contributed by atoms with Crippen molar-refractivity contribution >= 4 is 0 Å². The van der Waals surface area contributed by atoms with Crippen molar-refractivity contribution in [3.05, 3.63) is 11.1 Å². The zero-order valence-corrected chi connectivity index (χ0v) is 28.1. The first kappa shape index (κ1) is 36.8. The van der Waals surface area contributed by atoms with Crippen LogP contribution in [0.1, 0.15) is 233 Å². The van der Waals surface area contributed by atoms with Crippen molar-refractivity contribution in [1.29, 1.82) is 0 Å². The zero-order valence-electron chi connectivity index (χ0n) is 28.1. The van der Waals surface area contributed by atoms with Crippen molar-refractivity contribution in [2.75, 3.05) is 0 Å². The SMILES string of the molecule is CCCCCCCCCCC1=C(CCCCCCCC)C(CCCCCCCC)(CCCCCCCC)CC1. The van der Waals surface area contributed by atoms with E-state index in [9.17, 15) is 0 Å². The Bertz CT molecular complexity index is 524. The van der Waals surface area contributed by atoms with E-state index < -0.39 is 0 Å². The second-order valence-electron chi connectivity index (χ2n) is 13.6. The maximum atomic E-state index is 2.35. The quantitative estimate of drug-likeness (QED) is 0.0623. The molecule has 0 amide bonds. The molecule has 0 aromatic carbocycles. The summed E-state index contributed by atoms with van der Waals surface area (Å²) >= 11 is 0. The summed E-state index contributed by atoms with van der Waals surface area (Å²) in [4.78, 5) is 0. The Kier molecular flexibility index (Phi) is 25.1. The zero-order chi connectivity index (χ0) is 28.3. The molecule has 0 bridgehead atoms. The Labute approximate surface area is 249 Å². The third-order valence-corrected chi connectivity index (χ3v) is 10.1. The maximum absolute atomic E-state index is 2.35. The van der Waals surface area contributed by atoms with E-state index in [0.717, 1.165) is 0 Å². The van der Waals surface area contributed by atoms with E-state index in [1.165, 1.54) is 205 Å². The molecule has 0 nitrogen and oxygen atoms in total. The molecule has 0 unspecified atom stereocenters. The van der Waals surface area contributed by atoms with Crippen LogP contribution in [0, 0.1) is 5.41 Å². The highest BCUT2D eigenvalue weighted by molar-refractivity contribution is 5.29. The smallest absolute Gasteiger partial charge is 0.00824 e. The average molecular weight is 545 g/mol. The van der Waals surface area contributed by atoms with Crippen molar-refractivity contribution in [3.63, 3.8) is 0 Å². The van der Waals surface area contributed by atoms with Crippen molar-refractivity contribution in [2.24, 2.45) is 5.41 Å². The molecule has 39 heavy (non-hydrogen) atoms. The van der Waals surface area contributed by atoms with Crippen LogP contribution >= 0.6 is 0 Å². The Morgan fingerprint density at radius 2 is 0.718 bits per heavy atom. The van der Waals surface area contributed by atoms with E-state index in [0.29, 0.717) is 5.41 Å². The summed E-state index contributed by atoms with van der Waals surface area (Å²) in [5, 5.41) is 0. The molecule has 1 aliphatic rings. The maximum Gasteiger partial charge on any atom is -0.00824 e. The summed E-state index contributed by atoms with van der Waals surface area (Å²) in [5.41, 5.74) is 4.59. The highest BCUT2D eigenvalue weighted by Gasteiger charge is 2.38. The third-order valence-electron chi connectivity index (χ3n) is 10.1. The van der Waals surface area contributed by atoms with E-state index in [1.807, 2.05) is 11.1 Å². The Morgan fingerprint density at radius 1 is 0.385 bits per heavy atom. The van der Waals surface area contributed by atoms with Gasteiger partial charge in [-0.3, -0.25) is 0 Å². The fourth-order valence-electron chi connectivity index (χ4n) is 7.50. The highest BCUT2D eigenvalue weighted by Crippen LogP contribution is 2.53. The molecule has 0 aromatic heterocycles. The molecular formula is C39H76. The summed E-state index contributed by atoms with van der Waals surface area (Å²) in [5.74, 6) is 0. The molecule has 0 spiro atoms. The first-order chi connectivity index (χ1) is 19.2. The van der Waals surface area contributed by atoms with Crippen molar-refractivity contribution in [2.45, 2.75) is 233 Å². The van der Waals surface area contributed by atoms with E-state index >= 15 is 0 Å². The van der Waals surface area contributed by atoms with Gasteiger partial charge in [-0.15, -0.1) is 0 Å². The number of unbranched alkanes of at least 4 members (excludes halogenated alkanes) is 22. The molecule has 0 aliphatic heterocycles. The Hall–Kier alpha value is -0.260. The largest absolute Gasteiger partial charge is 0.0704 e. The van der Waals surface area contributed by atoms with Crippen LogP contribution in [0.2, 0.25) is 0 Å². The van der Waals surface area contributed by atoms with Gasteiger partial charge in [-0.2, -0.15) is 0 Å². The minimum atomic E-state index is 0.592. The molecule has 0 N–H and O–H groups in total. The fraction of sp³-hybridized carbons (Fsp3) is 0.949. The monoisotopic (exact) mass is 545 g/mol. The second-order valence-corrected chi connectivity index (χ2v) is 13.6. The van der Waals surface area contributed by atoms with Gasteiger partial charge < -0.3 is 0 Å². The average Bonchev–Trinajstić information content (AvgIpc) is 3.28. The topological polar surface area (TPSA) is 0 Å². The van der Waals surface area contributed by atoms with Crippen LogP contribution in [-0.4, -0.2) is 0 Å². The lowest BCUT2D eigenvalue weighted by atomic mass is 9.71. The minimum absolute atomic E-state index is 0.592. The van der Waals surface area contributed by atoms with Crippen LogP contribution in [0.15, 0.2) is 11.1 Å². The summed E-state index contributed by atoms with van der Waals surface area (Å²) in [6, 6.07) is 0. The third kappa shape index (κ3) is 18.0. The summed E-state index contributed by atoms with van der Waals surface area (Å²) in [6.07, 6.45) is 46.6. The molecule has 0 heterocycles. The lowest BCUT2D eigenvalue weighted by Gasteiger charge is -2.34. The van der Waals surface area contributed by atoms with Crippen molar-refractivity contribution in [3.8, 4) is 0 Å². The first-order valence-corrected chi connectivity index (χ1v) is 18.9. The lowest BCUT2D eigenvalue weighted by molar-refractivity contribution is 0.265. The predicted octanol–water partition coefficient (Wildman–Crippen LogP) is 14.8. The first-order valence-electron chi connectivity index (χ1n) is 18.9. The van der Waals surface area contributed by atoms with Gasteiger partial charge in [-0.25, -0.2) is 0 Å². The lowest BCUT2D eigenvalue weighted by Crippen LogP contribution is -2.21. The van der Waals surface area contributed by atoms with Gasteiger partial charge in [0.15, 0.2) is 0 Å². The summed E-state index contributed by atoms with van der Waals surface area (Å²) in [7, 11) is 0. The van der Waals surface area contributed by atoms with Crippen LogP contribution in [0.25, 0.3) is 0 Å². The summed E-state index contributed by atoms with van der Waals surface area (Å²) < 4.78 is 0. The Morgan fingerprint density at radius 3 is 1.13 bits per heavy atom. The van der Waals surface area contributed by atoms with Gasteiger partial charge in [0, 0.05) is 0 Å². The molecule has 0 fully saturated rings. The highest BCUT2D eigenvalue weighted by atomic mass is 14.4. The van der Waals surface area contributed by atoms with Gasteiger partial charge in [0.25, 0.3) is 0 Å². The van der Waals surface area contributed by atoms with Gasteiger partial charge in [-0.1, -0.05) is 193 Å². The molecule has 0 radical (unpaired) electrons. The van der Waals surface area contributed by atoms with Crippen LogP contribution < -0.4 is 0 Å². The number of hydrogen-bond acceptors (Lipinski definition) is 0. The predicted molar refractivity (Wildman–Crippen MR) is 180 cm³/mol. The van der Waals surface area contributed by atoms with E-state index in [4.69, 9.17) is 0 Å². The van der Waals surface area contributed by atoms with E-state index in [-0.39, 0.29) is 0 Å². The van der Waals surface area contributed by atoms with Crippen molar-refractivity contribution < 1.29 is 0 Å². The molecule has 1 rings (SSSR count). The molecule has 1 aliphatic carbocycles. The standard InChI is InChI=1S/C39H76/c1-5-9-13-17-21-22-23-27-31-37-33-36-39(34-29-25-19-15-11-7-3,35-30-26-20-16-12-8-4)38(37)32-28-24-18-14-10-6-2/h5-36H2,1-4H3.